The third kappa shape index (κ3) is 3.35. The molecule has 0 fully saturated rings. The van der Waals surface area contributed by atoms with Crippen LogP contribution in [0.1, 0.15) is 32.4 Å². The van der Waals surface area contributed by atoms with Gasteiger partial charge in [-0.05, 0) is 42.5 Å². The molecule has 0 saturated heterocycles. The fourth-order valence-corrected chi connectivity index (χ4v) is 5.30. The van der Waals surface area contributed by atoms with E-state index in [0.29, 0.717) is 39.6 Å². The van der Waals surface area contributed by atoms with Crippen LogP contribution in [0.2, 0.25) is 0 Å². The zero-order chi connectivity index (χ0) is 25.8. The van der Waals surface area contributed by atoms with Gasteiger partial charge >= 0.3 is 0 Å². The lowest BCUT2D eigenvalue weighted by Gasteiger charge is -2.40. The number of benzene rings is 3. The second-order valence-corrected chi connectivity index (χ2v) is 9.01. The summed E-state index contributed by atoms with van der Waals surface area (Å²) in [5.74, 6) is -0.319. The third-order valence-electron chi connectivity index (χ3n) is 6.97. The number of para-hydroxylation sites is 1. The molecule has 4 aromatic rings. The predicted molar refractivity (Wildman–Crippen MR) is 138 cm³/mol. The van der Waals surface area contributed by atoms with Gasteiger partial charge in [-0.25, -0.2) is 0 Å². The van der Waals surface area contributed by atoms with Crippen molar-refractivity contribution in [3.05, 3.63) is 83.6 Å². The average Bonchev–Trinajstić information content (AvgIpc) is 3.42. The minimum atomic E-state index is -0.799. The van der Waals surface area contributed by atoms with Crippen molar-refractivity contribution in [2.45, 2.75) is 6.17 Å². The molecular weight excluding hydrogens is 472 g/mol. The van der Waals surface area contributed by atoms with Gasteiger partial charge in [-0.3, -0.25) is 19.3 Å². The van der Waals surface area contributed by atoms with E-state index in [-0.39, 0.29) is 24.3 Å². The summed E-state index contributed by atoms with van der Waals surface area (Å²) in [6.45, 7) is -0.248. The zero-order valence-electron chi connectivity index (χ0n) is 20.5. The van der Waals surface area contributed by atoms with Gasteiger partial charge in [0.2, 0.25) is 5.91 Å². The number of methoxy groups -OCH3 is 2. The Bertz CT molecular complexity index is 1610. The molecule has 0 bridgehead atoms. The van der Waals surface area contributed by atoms with Crippen LogP contribution in [0.5, 0.6) is 11.5 Å². The third-order valence-corrected chi connectivity index (χ3v) is 6.97. The van der Waals surface area contributed by atoms with E-state index in [4.69, 9.17) is 9.47 Å². The van der Waals surface area contributed by atoms with Crippen molar-refractivity contribution in [3.63, 3.8) is 0 Å². The number of aryl methyl sites for hydroxylation is 1. The quantitative estimate of drug-likeness (QED) is 0.452. The van der Waals surface area contributed by atoms with Crippen LogP contribution in [0.25, 0.3) is 10.9 Å². The van der Waals surface area contributed by atoms with E-state index in [2.05, 4.69) is 5.32 Å². The molecular formula is C28H24N4O5. The number of carbonyl (C=O) groups is 3. The Morgan fingerprint density at radius 2 is 1.78 bits per heavy atom. The summed E-state index contributed by atoms with van der Waals surface area (Å²) in [5, 5.41) is 3.89. The van der Waals surface area contributed by atoms with Gasteiger partial charge in [0.25, 0.3) is 11.8 Å². The molecule has 3 amide bonds. The molecule has 1 N–H and O–H groups in total. The van der Waals surface area contributed by atoms with Crippen LogP contribution in [0.4, 0.5) is 11.4 Å². The summed E-state index contributed by atoms with van der Waals surface area (Å²) >= 11 is 0. The van der Waals surface area contributed by atoms with E-state index in [0.717, 1.165) is 10.9 Å². The summed E-state index contributed by atoms with van der Waals surface area (Å²) in [5.41, 5.74) is 3.40. The molecule has 9 nitrogen and oxygen atoms in total. The maximum Gasteiger partial charge on any atom is 0.264 e. The molecule has 2 aliphatic rings. The Morgan fingerprint density at radius 1 is 0.973 bits per heavy atom. The Morgan fingerprint density at radius 3 is 2.57 bits per heavy atom. The maximum absolute atomic E-state index is 13.7. The van der Waals surface area contributed by atoms with Crippen molar-refractivity contribution in [2.24, 2.45) is 7.05 Å². The first-order chi connectivity index (χ1) is 17.9. The molecule has 3 aromatic carbocycles. The summed E-state index contributed by atoms with van der Waals surface area (Å²) in [7, 11) is 4.92. The van der Waals surface area contributed by atoms with E-state index in [1.54, 1.807) is 41.3 Å². The minimum absolute atomic E-state index is 0.248. The van der Waals surface area contributed by atoms with Crippen molar-refractivity contribution >= 4 is 40.0 Å². The first-order valence-corrected chi connectivity index (χ1v) is 11.8. The van der Waals surface area contributed by atoms with Crippen LogP contribution < -0.4 is 19.7 Å². The van der Waals surface area contributed by atoms with Crippen molar-refractivity contribution in [1.29, 1.82) is 0 Å². The fraction of sp³-hybridized carbons (Fsp3) is 0.179. The molecule has 0 unspecified atom stereocenters. The van der Waals surface area contributed by atoms with E-state index in [1.807, 2.05) is 42.1 Å². The molecule has 0 radical (unpaired) electrons. The molecule has 2 aliphatic heterocycles. The molecule has 186 valence electrons. The molecule has 0 aliphatic carbocycles. The SMILES string of the molecule is COc1ccc2c(c1OC)C(=O)N1c3ccccc3C(=O)N(CC(=O)Nc3ccc4c(ccn4C)c3)[C@H]21. The van der Waals surface area contributed by atoms with Crippen LogP contribution in [0.3, 0.4) is 0 Å². The molecule has 1 aromatic heterocycles. The number of hydrogen-bond donors (Lipinski definition) is 1. The van der Waals surface area contributed by atoms with Crippen molar-refractivity contribution in [3.8, 4) is 11.5 Å². The molecule has 9 heteroatoms. The molecule has 0 saturated carbocycles. The number of aromatic nitrogens is 1. The topological polar surface area (TPSA) is 93.1 Å². The van der Waals surface area contributed by atoms with Gasteiger partial charge in [-0.15, -0.1) is 0 Å². The van der Waals surface area contributed by atoms with Gasteiger partial charge < -0.3 is 24.3 Å². The molecule has 1 atom stereocenters. The highest BCUT2D eigenvalue weighted by molar-refractivity contribution is 6.18. The lowest BCUT2D eigenvalue weighted by molar-refractivity contribution is -0.117. The largest absolute Gasteiger partial charge is 0.493 e. The highest BCUT2D eigenvalue weighted by atomic mass is 16.5. The van der Waals surface area contributed by atoms with Gasteiger partial charge in [0.15, 0.2) is 11.5 Å². The Hall–Kier alpha value is -4.79. The predicted octanol–water partition coefficient (Wildman–Crippen LogP) is 3.95. The number of nitrogens with one attached hydrogen (secondary N) is 1. The lowest BCUT2D eigenvalue weighted by Crippen LogP contribution is -2.50. The number of rotatable bonds is 5. The maximum atomic E-state index is 13.7. The second-order valence-electron chi connectivity index (χ2n) is 9.01. The normalized spacial score (nSPS) is 15.9. The average molecular weight is 497 g/mol. The highest BCUT2D eigenvalue weighted by Crippen LogP contribution is 2.49. The number of carbonyl (C=O) groups excluding carboxylic acids is 3. The molecule has 0 spiro atoms. The smallest absolute Gasteiger partial charge is 0.264 e. The number of nitrogens with zero attached hydrogens (tertiary/aromatic N) is 3. The monoisotopic (exact) mass is 496 g/mol. The van der Waals surface area contributed by atoms with Crippen molar-refractivity contribution < 1.29 is 23.9 Å². The Balaban J connectivity index is 1.39. The minimum Gasteiger partial charge on any atom is -0.493 e. The Labute approximate surface area is 212 Å². The van der Waals surface area contributed by atoms with Gasteiger partial charge in [-0.2, -0.15) is 0 Å². The van der Waals surface area contributed by atoms with Crippen LogP contribution in [-0.2, 0) is 11.8 Å². The Kier molecular flexibility index (Phi) is 5.15. The van der Waals surface area contributed by atoms with Crippen molar-refractivity contribution in [1.82, 2.24) is 9.47 Å². The van der Waals surface area contributed by atoms with Gasteiger partial charge in [-0.1, -0.05) is 18.2 Å². The number of hydrogen-bond acceptors (Lipinski definition) is 5. The fourth-order valence-electron chi connectivity index (χ4n) is 5.30. The van der Waals surface area contributed by atoms with Crippen LogP contribution in [-0.4, -0.2) is 48.0 Å². The summed E-state index contributed by atoms with van der Waals surface area (Å²) in [4.78, 5) is 43.6. The van der Waals surface area contributed by atoms with Crippen LogP contribution in [0.15, 0.2) is 66.9 Å². The molecule has 3 heterocycles. The van der Waals surface area contributed by atoms with Gasteiger partial charge in [0, 0.05) is 35.4 Å². The van der Waals surface area contributed by atoms with E-state index >= 15 is 0 Å². The van der Waals surface area contributed by atoms with Crippen LogP contribution >= 0.6 is 0 Å². The first kappa shape index (κ1) is 22.7. The van der Waals surface area contributed by atoms with Crippen molar-refractivity contribution in [2.75, 3.05) is 31.0 Å². The number of anilines is 2. The number of fused-ring (bicyclic) bond motifs is 6. The van der Waals surface area contributed by atoms with Gasteiger partial charge in [0.05, 0.1) is 31.0 Å². The first-order valence-electron chi connectivity index (χ1n) is 11.8. The van der Waals surface area contributed by atoms with Crippen LogP contribution in [0, 0.1) is 0 Å². The highest BCUT2D eigenvalue weighted by Gasteiger charge is 2.50. The zero-order valence-corrected chi connectivity index (χ0v) is 20.5. The lowest BCUT2D eigenvalue weighted by atomic mass is 10.0. The van der Waals surface area contributed by atoms with E-state index in [9.17, 15) is 14.4 Å². The van der Waals surface area contributed by atoms with Gasteiger partial charge in [0.1, 0.15) is 12.7 Å². The molecule has 6 rings (SSSR count). The second kappa shape index (κ2) is 8.41. The number of amides is 3. The summed E-state index contributed by atoms with van der Waals surface area (Å²) < 4.78 is 12.9. The summed E-state index contributed by atoms with van der Waals surface area (Å²) in [6.07, 6.45) is 1.15. The number of ether oxygens (including phenoxy) is 2. The summed E-state index contributed by atoms with van der Waals surface area (Å²) in [6, 6.07) is 18.0. The standard InChI is InChI=1S/C28H24N4O5/c1-30-13-12-16-14-17(8-10-20(16)30)29-23(33)15-31-26-19-9-11-22(36-2)25(37-3)24(19)28(35)32(26)21-7-5-4-6-18(21)27(31)34/h4-14,26H,15H2,1-3H3,(H,29,33)/t26-/m0/s1. The van der Waals surface area contributed by atoms with E-state index < -0.39 is 6.17 Å². The van der Waals surface area contributed by atoms with E-state index in [1.165, 1.54) is 19.1 Å². The molecule has 37 heavy (non-hydrogen) atoms.